The van der Waals surface area contributed by atoms with Gasteiger partial charge in [-0.2, -0.15) is 5.10 Å². The van der Waals surface area contributed by atoms with Gasteiger partial charge < -0.3 is 5.11 Å². The van der Waals surface area contributed by atoms with Gasteiger partial charge in [-0.05, 0) is 42.5 Å². The molecule has 0 fully saturated rings. The highest BCUT2D eigenvalue weighted by Gasteiger charge is 2.48. The topological polar surface area (TPSA) is 64.9 Å². The van der Waals surface area contributed by atoms with Crippen molar-refractivity contribution in [3.8, 4) is 5.75 Å². The summed E-state index contributed by atoms with van der Waals surface area (Å²) in [5.41, 5.74) is 4.92. The van der Waals surface area contributed by atoms with Crippen LogP contribution in [0.2, 0.25) is 5.02 Å². The number of halogens is 1. The SMILES string of the molecule is O=C1C=CC2(NN=C(c3ccccc3)N2c2ccc(Cl)cc2)c2cccc(O)c21. The van der Waals surface area contributed by atoms with Crippen LogP contribution in [0.15, 0.2) is 90.0 Å². The van der Waals surface area contributed by atoms with Crippen LogP contribution in [0, 0.1) is 0 Å². The Labute approximate surface area is 172 Å². The first-order valence-electron chi connectivity index (χ1n) is 9.12. The lowest BCUT2D eigenvalue weighted by atomic mass is 9.85. The van der Waals surface area contributed by atoms with Gasteiger partial charge in [0.2, 0.25) is 0 Å². The van der Waals surface area contributed by atoms with Crippen molar-refractivity contribution in [2.75, 3.05) is 4.90 Å². The number of rotatable bonds is 2. The van der Waals surface area contributed by atoms with Crippen LogP contribution < -0.4 is 10.3 Å². The Morgan fingerprint density at radius 2 is 1.72 bits per heavy atom. The van der Waals surface area contributed by atoms with E-state index in [4.69, 9.17) is 11.6 Å². The van der Waals surface area contributed by atoms with Crippen LogP contribution in [0.5, 0.6) is 5.75 Å². The van der Waals surface area contributed by atoms with Crippen LogP contribution in [0.1, 0.15) is 21.5 Å². The van der Waals surface area contributed by atoms with Crippen molar-refractivity contribution in [2.24, 2.45) is 5.10 Å². The highest BCUT2D eigenvalue weighted by molar-refractivity contribution is 6.30. The largest absolute Gasteiger partial charge is 0.507 e. The average molecular weight is 402 g/mol. The second-order valence-electron chi connectivity index (χ2n) is 6.89. The molecule has 0 saturated heterocycles. The van der Waals surface area contributed by atoms with Gasteiger partial charge in [0, 0.05) is 21.8 Å². The number of amidine groups is 1. The number of benzene rings is 3. The van der Waals surface area contributed by atoms with Gasteiger partial charge in [0.1, 0.15) is 5.75 Å². The summed E-state index contributed by atoms with van der Waals surface area (Å²) < 4.78 is 0. The summed E-state index contributed by atoms with van der Waals surface area (Å²) >= 11 is 6.11. The summed E-state index contributed by atoms with van der Waals surface area (Å²) in [6.07, 6.45) is 3.26. The van der Waals surface area contributed by atoms with E-state index in [9.17, 15) is 9.90 Å². The number of nitrogens with one attached hydrogen (secondary N) is 1. The van der Waals surface area contributed by atoms with E-state index in [2.05, 4.69) is 10.5 Å². The van der Waals surface area contributed by atoms with E-state index in [-0.39, 0.29) is 17.1 Å². The third-order valence-corrected chi connectivity index (χ3v) is 5.44. The number of allylic oxidation sites excluding steroid dienone is 1. The number of aromatic hydroxyl groups is 1. The maximum atomic E-state index is 12.5. The molecule has 5 rings (SSSR count). The van der Waals surface area contributed by atoms with E-state index in [0.717, 1.165) is 11.3 Å². The summed E-state index contributed by atoms with van der Waals surface area (Å²) in [6, 6.07) is 22.3. The predicted octanol–water partition coefficient (Wildman–Crippen LogP) is 4.42. The van der Waals surface area contributed by atoms with E-state index in [0.29, 0.717) is 16.4 Å². The van der Waals surface area contributed by atoms with Crippen molar-refractivity contribution < 1.29 is 9.90 Å². The summed E-state index contributed by atoms with van der Waals surface area (Å²) in [5.74, 6) is 0.401. The zero-order chi connectivity index (χ0) is 20.0. The van der Waals surface area contributed by atoms with Gasteiger partial charge in [-0.15, -0.1) is 0 Å². The average Bonchev–Trinajstić information content (AvgIpc) is 3.12. The van der Waals surface area contributed by atoms with Crippen LogP contribution in [-0.4, -0.2) is 16.7 Å². The molecule has 3 aromatic carbocycles. The molecule has 6 heteroatoms. The van der Waals surface area contributed by atoms with E-state index < -0.39 is 5.66 Å². The number of anilines is 1. The third-order valence-electron chi connectivity index (χ3n) is 5.19. The fraction of sp³-hybridized carbons (Fsp3) is 0.0435. The van der Waals surface area contributed by atoms with Gasteiger partial charge in [-0.25, -0.2) is 0 Å². The summed E-state index contributed by atoms with van der Waals surface area (Å²) in [7, 11) is 0. The molecule has 142 valence electrons. The van der Waals surface area contributed by atoms with Gasteiger partial charge in [-0.1, -0.05) is 54.1 Å². The minimum Gasteiger partial charge on any atom is -0.507 e. The molecular weight excluding hydrogens is 386 g/mol. The predicted molar refractivity (Wildman–Crippen MR) is 113 cm³/mol. The van der Waals surface area contributed by atoms with Crippen molar-refractivity contribution in [1.82, 2.24) is 5.43 Å². The normalized spacial score (nSPS) is 19.8. The molecule has 0 bridgehead atoms. The maximum absolute atomic E-state index is 12.5. The number of phenolic OH excluding ortho intramolecular Hbond substituents is 1. The Bertz CT molecular complexity index is 1170. The minimum atomic E-state index is -0.957. The highest BCUT2D eigenvalue weighted by Crippen LogP contribution is 2.43. The lowest BCUT2D eigenvalue weighted by Crippen LogP contribution is -2.52. The molecule has 5 nitrogen and oxygen atoms in total. The Balaban J connectivity index is 1.76. The summed E-state index contributed by atoms with van der Waals surface area (Å²) in [4.78, 5) is 14.6. The molecule has 2 N–H and O–H groups in total. The van der Waals surface area contributed by atoms with Crippen LogP contribution in [0.4, 0.5) is 5.69 Å². The lowest BCUT2D eigenvalue weighted by molar-refractivity contribution is 0.103. The second-order valence-corrected chi connectivity index (χ2v) is 7.33. The first-order chi connectivity index (χ1) is 14.1. The number of fused-ring (bicyclic) bond motifs is 2. The van der Waals surface area contributed by atoms with Crippen LogP contribution in [0.3, 0.4) is 0 Å². The smallest absolute Gasteiger partial charge is 0.189 e. The Morgan fingerprint density at radius 3 is 2.48 bits per heavy atom. The number of ketones is 1. The van der Waals surface area contributed by atoms with Gasteiger partial charge >= 0.3 is 0 Å². The molecule has 1 spiro atoms. The molecule has 1 aliphatic heterocycles. The summed E-state index contributed by atoms with van der Waals surface area (Å²) in [6.45, 7) is 0. The number of carbonyl (C=O) groups is 1. The van der Waals surface area contributed by atoms with E-state index in [1.54, 1.807) is 12.1 Å². The molecular formula is C23H16ClN3O2. The van der Waals surface area contributed by atoms with Crippen LogP contribution in [0.25, 0.3) is 0 Å². The van der Waals surface area contributed by atoms with Crippen molar-refractivity contribution >= 4 is 28.9 Å². The number of carbonyl (C=O) groups excluding carboxylic acids is 1. The molecule has 2 aliphatic rings. The van der Waals surface area contributed by atoms with E-state index >= 15 is 0 Å². The second kappa shape index (κ2) is 6.50. The molecule has 3 aromatic rings. The van der Waals surface area contributed by atoms with Crippen molar-refractivity contribution in [3.63, 3.8) is 0 Å². The quantitative estimate of drug-likeness (QED) is 0.667. The van der Waals surface area contributed by atoms with Crippen LogP contribution in [-0.2, 0) is 5.66 Å². The zero-order valence-corrected chi connectivity index (χ0v) is 16.0. The van der Waals surface area contributed by atoms with Gasteiger partial charge in [0.15, 0.2) is 17.3 Å². The molecule has 0 saturated carbocycles. The van der Waals surface area contributed by atoms with Gasteiger partial charge in [0.05, 0.1) is 5.56 Å². The van der Waals surface area contributed by atoms with E-state index in [1.165, 1.54) is 12.1 Å². The van der Waals surface area contributed by atoms with Gasteiger partial charge in [-0.3, -0.25) is 15.1 Å². The number of hydrazone groups is 1. The molecule has 1 atom stereocenters. The van der Waals surface area contributed by atoms with E-state index in [1.807, 2.05) is 65.6 Å². The minimum absolute atomic E-state index is 0.0535. The molecule has 0 amide bonds. The standard InChI is InChI=1S/C23H16ClN3O2/c24-16-9-11-17(12-10-16)27-22(15-5-2-1-3-6-15)25-26-23(27)14-13-20(29)21-18(23)7-4-8-19(21)28/h1-14,26,28H. The van der Waals surface area contributed by atoms with Crippen molar-refractivity contribution in [2.45, 2.75) is 5.66 Å². The Morgan fingerprint density at radius 1 is 0.966 bits per heavy atom. The number of hydrogen-bond acceptors (Lipinski definition) is 5. The third kappa shape index (κ3) is 2.62. The molecule has 29 heavy (non-hydrogen) atoms. The Kier molecular flexibility index (Phi) is 3.93. The monoisotopic (exact) mass is 401 g/mol. The first kappa shape index (κ1) is 17.5. The Hall–Kier alpha value is -3.57. The van der Waals surface area contributed by atoms with Crippen molar-refractivity contribution in [1.29, 1.82) is 0 Å². The number of nitrogens with zero attached hydrogens (tertiary/aromatic N) is 2. The summed E-state index contributed by atoms with van der Waals surface area (Å²) in [5, 5.41) is 15.6. The maximum Gasteiger partial charge on any atom is 0.189 e. The molecule has 1 heterocycles. The molecule has 1 aliphatic carbocycles. The lowest BCUT2D eigenvalue weighted by Gasteiger charge is -2.40. The molecule has 0 radical (unpaired) electrons. The fourth-order valence-electron chi connectivity index (χ4n) is 3.88. The van der Waals surface area contributed by atoms with Crippen LogP contribution >= 0.6 is 11.6 Å². The zero-order valence-electron chi connectivity index (χ0n) is 15.2. The molecule has 1 unspecified atom stereocenters. The first-order valence-corrected chi connectivity index (χ1v) is 9.50. The highest BCUT2D eigenvalue weighted by atomic mass is 35.5. The molecule has 0 aromatic heterocycles. The fourth-order valence-corrected chi connectivity index (χ4v) is 4.01. The van der Waals surface area contributed by atoms with Gasteiger partial charge in [0.25, 0.3) is 0 Å². The van der Waals surface area contributed by atoms with Crippen molar-refractivity contribution in [3.05, 3.63) is 107 Å². The number of hydrogen-bond donors (Lipinski definition) is 2. The number of phenols is 1.